The maximum atomic E-state index is 12.4. The van der Waals surface area contributed by atoms with Crippen molar-refractivity contribution in [1.29, 1.82) is 0 Å². The van der Waals surface area contributed by atoms with Crippen LogP contribution in [0.3, 0.4) is 0 Å². The molecular weight excluding hydrogens is 362 g/mol. The third kappa shape index (κ3) is 6.47. The Morgan fingerprint density at radius 1 is 1.11 bits per heavy atom. The van der Waals surface area contributed by atoms with Gasteiger partial charge in [-0.05, 0) is 47.7 Å². The van der Waals surface area contributed by atoms with Gasteiger partial charge in [-0.15, -0.1) is 0 Å². The summed E-state index contributed by atoms with van der Waals surface area (Å²) in [5.41, 5.74) is 1.15. The lowest BCUT2D eigenvalue weighted by Crippen LogP contribution is -2.39. The van der Waals surface area contributed by atoms with Crippen LogP contribution >= 0.6 is 11.6 Å². The molecule has 2 rings (SSSR count). The Morgan fingerprint density at radius 2 is 1.78 bits per heavy atom. The number of carbonyl (C=O) groups is 1. The first-order valence-electron chi connectivity index (χ1n) is 9.23. The monoisotopic (exact) mass is 389 g/mol. The second kappa shape index (κ2) is 9.65. The van der Waals surface area contributed by atoms with Gasteiger partial charge in [0.15, 0.2) is 6.10 Å². The maximum absolute atomic E-state index is 12.4. The van der Waals surface area contributed by atoms with Gasteiger partial charge in [-0.25, -0.2) is 0 Å². The van der Waals surface area contributed by atoms with Crippen LogP contribution in [0.15, 0.2) is 48.5 Å². The predicted molar refractivity (Wildman–Crippen MR) is 110 cm³/mol. The van der Waals surface area contributed by atoms with Crippen molar-refractivity contribution in [3.05, 3.63) is 59.1 Å². The first-order chi connectivity index (χ1) is 12.8. The van der Waals surface area contributed by atoms with E-state index in [4.69, 9.17) is 21.1 Å². The zero-order chi connectivity index (χ0) is 19.9. The van der Waals surface area contributed by atoms with Crippen molar-refractivity contribution in [2.45, 2.75) is 45.6 Å². The van der Waals surface area contributed by atoms with Gasteiger partial charge in [-0.1, -0.05) is 57.5 Å². The highest BCUT2D eigenvalue weighted by atomic mass is 35.5. The molecule has 0 radical (unpaired) electrons. The fourth-order valence-electron chi connectivity index (χ4n) is 2.66. The van der Waals surface area contributed by atoms with Crippen LogP contribution in [0.5, 0.6) is 11.5 Å². The van der Waals surface area contributed by atoms with E-state index in [2.05, 4.69) is 32.2 Å². The average molecular weight is 390 g/mol. The van der Waals surface area contributed by atoms with Gasteiger partial charge in [-0.2, -0.15) is 0 Å². The number of benzene rings is 2. The van der Waals surface area contributed by atoms with Crippen LogP contribution < -0.4 is 14.8 Å². The number of amides is 1. The molecule has 2 aromatic rings. The van der Waals surface area contributed by atoms with Crippen LogP contribution in [0.25, 0.3) is 0 Å². The highest BCUT2D eigenvalue weighted by Crippen LogP contribution is 2.30. The lowest BCUT2D eigenvalue weighted by atomic mass is 9.86. The van der Waals surface area contributed by atoms with Gasteiger partial charge in [0.25, 0.3) is 5.91 Å². The Hall–Kier alpha value is -2.20. The molecule has 0 aliphatic carbocycles. The molecular formula is C22H28ClNO3. The highest BCUT2D eigenvalue weighted by molar-refractivity contribution is 6.30. The predicted octanol–water partition coefficient (Wildman–Crippen LogP) is 4.99. The van der Waals surface area contributed by atoms with Crippen molar-refractivity contribution < 1.29 is 14.3 Å². The van der Waals surface area contributed by atoms with Crippen LogP contribution in [0.4, 0.5) is 0 Å². The Morgan fingerprint density at radius 3 is 2.41 bits per heavy atom. The molecule has 0 fully saturated rings. The Balaban J connectivity index is 1.84. The van der Waals surface area contributed by atoms with Crippen molar-refractivity contribution in [1.82, 2.24) is 5.32 Å². The number of ether oxygens (including phenoxy) is 2. The van der Waals surface area contributed by atoms with E-state index >= 15 is 0 Å². The van der Waals surface area contributed by atoms with E-state index in [9.17, 15) is 4.79 Å². The topological polar surface area (TPSA) is 47.6 Å². The normalized spacial score (nSPS) is 12.3. The van der Waals surface area contributed by atoms with Gasteiger partial charge < -0.3 is 14.8 Å². The van der Waals surface area contributed by atoms with Gasteiger partial charge in [-0.3, -0.25) is 4.79 Å². The second-order valence-corrected chi connectivity index (χ2v) is 7.79. The molecule has 5 heteroatoms. The fourth-order valence-corrected chi connectivity index (χ4v) is 2.79. The zero-order valence-corrected chi connectivity index (χ0v) is 17.2. The largest absolute Gasteiger partial charge is 0.491 e. The summed E-state index contributed by atoms with van der Waals surface area (Å²) in [7, 11) is 0. The first-order valence-corrected chi connectivity index (χ1v) is 9.61. The van der Waals surface area contributed by atoms with Crippen LogP contribution in [-0.2, 0) is 10.2 Å². The molecule has 0 spiro atoms. The summed E-state index contributed by atoms with van der Waals surface area (Å²) < 4.78 is 11.6. The number of hydrogen-bond donors (Lipinski definition) is 1. The van der Waals surface area contributed by atoms with Crippen molar-refractivity contribution in [2.24, 2.45) is 0 Å². The smallest absolute Gasteiger partial charge is 0.261 e. The molecule has 0 saturated carbocycles. The molecule has 1 atom stereocenters. The van der Waals surface area contributed by atoms with Gasteiger partial charge in [0, 0.05) is 5.02 Å². The molecule has 146 valence electrons. The summed E-state index contributed by atoms with van der Waals surface area (Å²) in [5.74, 6) is 1.32. The van der Waals surface area contributed by atoms with Crippen LogP contribution in [0, 0.1) is 0 Å². The zero-order valence-electron chi connectivity index (χ0n) is 16.4. The minimum atomic E-state index is -0.548. The summed E-state index contributed by atoms with van der Waals surface area (Å²) in [4.78, 5) is 12.4. The van der Waals surface area contributed by atoms with Gasteiger partial charge in [0.2, 0.25) is 0 Å². The number of nitrogens with one attached hydrogen (secondary N) is 1. The van der Waals surface area contributed by atoms with Crippen molar-refractivity contribution in [3.63, 3.8) is 0 Å². The van der Waals surface area contributed by atoms with Crippen LogP contribution in [0.2, 0.25) is 5.02 Å². The summed E-state index contributed by atoms with van der Waals surface area (Å²) in [6.07, 6.45) is 0.0235. The Kier molecular flexibility index (Phi) is 7.55. The molecule has 2 aromatic carbocycles. The van der Waals surface area contributed by atoms with Crippen LogP contribution in [0.1, 0.15) is 39.7 Å². The van der Waals surface area contributed by atoms with E-state index in [0.717, 1.165) is 11.3 Å². The third-order valence-electron chi connectivity index (χ3n) is 4.11. The Bertz CT molecular complexity index is 738. The van der Waals surface area contributed by atoms with Crippen LogP contribution in [-0.4, -0.2) is 25.2 Å². The standard InChI is InChI=1S/C22H28ClNO3/c1-5-19(27-17-12-10-16(23)11-13-17)21(25)24-14-15-26-20-9-7-6-8-18(20)22(2,3)4/h6-13,19H,5,14-15H2,1-4H3,(H,24,25)/t19-/m0/s1. The van der Waals surface area contributed by atoms with Gasteiger partial charge in [0.05, 0.1) is 6.54 Å². The quantitative estimate of drug-likeness (QED) is 0.647. The molecule has 0 heterocycles. The van der Waals surface area contributed by atoms with E-state index in [-0.39, 0.29) is 11.3 Å². The van der Waals surface area contributed by atoms with E-state index in [0.29, 0.717) is 30.3 Å². The lowest BCUT2D eigenvalue weighted by molar-refractivity contribution is -0.128. The fraction of sp³-hybridized carbons (Fsp3) is 0.409. The summed E-state index contributed by atoms with van der Waals surface area (Å²) in [5, 5.41) is 3.51. The molecule has 0 unspecified atom stereocenters. The first kappa shape index (κ1) is 21.1. The molecule has 1 amide bonds. The molecule has 4 nitrogen and oxygen atoms in total. The molecule has 0 aromatic heterocycles. The minimum Gasteiger partial charge on any atom is -0.491 e. The average Bonchev–Trinajstić information content (AvgIpc) is 2.64. The lowest BCUT2D eigenvalue weighted by Gasteiger charge is -2.23. The number of halogens is 1. The highest BCUT2D eigenvalue weighted by Gasteiger charge is 2.19. The van der Waals surface area contributed by atoms with E-state index in [1.165, 1.54) is 0 Å². The summed E-state index contributed by atoms with van der Waals surface area (Å²) in [6, 6.07) is 15.0. The number of carbonyl (C=O) groups excluding carboxylic acids is 1. The minimum absolute atomic E-state index is 0.000429. The van der Waals surface area contributed by atoms with Crippen molar-refractivity contribution in [3.8, 4) is 11.5 Å². The van der Waals surface area contributed by atoms with E-state index in [1.807, 2.05) is 25.1 Å². The van der Waals surface area contributed by atoms with Gasteiger partial charge in [0.1, 0.15) is 18.1 Å². The second-order valence-electron chi connectivity index (χ2n) is 7.35. The molecule has 0 bridgehead atoms. The molecule has 1 N–H and O–H groups in total. The maximum Gasteiger partial charge on any atom is 0.261 e. The van der Waals surface area contributed by atoms with Crippen molar-refractivity contribution >= 4 is 17.5 Å². The van der Waals surface area contributed by atoms with Gasteiger partial charge >= 0.3 is 0 Å². The molecule has 0 saturated heterocycles. The van der Waals surface area contributed by atoms with E-state index < -0.39 is 6.10 Å². The molecule has 0 aliphatic rings. The molecule has 27 heavy (non-hydrogen) atoms. The summed E-state index contributed by atoms with van der Waals surface area (Å²) in [6.45, 7) is 9.18. The number of rotatable bonds is 8. The van der Waals surface area contributed by atoms with Crippen molar-refractivity contribution in [2.75, 3.05) is 13.2 Å². The third-order valence-corrected chi connectivity index (χ3v) is 4.36. The summed E-state index contributed by atoms with van der Waals surface area (Å²) >= 11 is 5.87. The number of hydrogen-bond acceptors (Lipinski definition) is 3. The molecule has 0 aliphatic heterocycles. The number of para-hydroxylation sites is 1. The Labute approximate surface area is 166 Å². The SMILES string of the molecule is CC[C@H](Oc1ccc(Cl)cc1)C(=O)NCCOc1ccccc1C(C)(C)C. The van der Waals surface area contributed by atoms with E-state index in [1.54, 1.807) is 24.3 Å².